The van der Waals surface area contributed by atoms with Crippen LogP contribution in [-0.2, 0) is 0 Å². The molecule has 0 amide bonds. The minimum absolute atomic E-state index is 0.276. The van der Waals surface area contributed by atoms with Crippen LogP contribution in [0.15, 0.2) is 30.3 Å². The third-order valence-electron chi connectivity index (χ3n) is 6.28. The van der Waals surface area contributed by atoms with Gasteiger partial charge in [0.2, 0.25) is 0 Å². The molecule has 0 spiro atoms. The Kier molecular flexibility index (Phi) is 4.75. The zero-order valence-electron chi connectivity index (χ0n) is 14.8. The van der Waals surface area contributed by atoms with Gasteiger partial charge in [-0.05, 0) is 68.9 Å². The smallest absolute Gasteiger partial charge is 0.0593 e. The average Bonchev–Trinajstić information content (AvgIpc) is 3.11. The molecule has 24 heavy (non-hydrogen) atoms. The Balaban J connectivity index is 1.55. The van der Waals surface area contributed by atoms with Gasteiger partial charge >= 0.3 is 0 Å². The first-order valence-electron chi connectivity index (χ1n) is 9.62. The SMILES string of the molecule is CN1CCCCN2[C@H](CO)[C@H](c3ccc(C4=CCCC4)cc3)[C@H]2C1. The molecule has 2 saturated heterocycles. The van der Waals surface area contributed by atoms with E-state index >= 15 is 0 Å². The van der Waals surface area contributed by atoms with Crippen molar-refractivity contribution in [3.05, 3.63) is 41.5 Å². The van der Waals surface area contributed by atoms with Gasteiger partial charge in [-0.15, -0.1) is 0 Å². The molecule has 2 aliphatic heterocycles. The molecule has 130 valence electrons. The highest BCUT2D eigenvalue weighted by Crippen LogP contribution is 2.42. The Bertz CT molecular complexity index is 594. The molecule has 0 bridgehead atoms. The zero-order valence-corrected chi connectivity index (χ0v) is 14.8. The van der Waals surface area contributed by atoms with Crippen molar-refractivity contribution in [2.45, 2.75) is 50.1 Å². The lowest BCUT2D eigenvalue weighted by molar-refractivity contribution is -0.0614. The summed E-state index contributed by atoms with van der Waals surface area (Å²) in [5.74, 6) is 0.474. The van der Waals surface area contributed by atoms with E-state index in [-0.39, 0.29) is 6.61 Å². The van der Waals surface area contributed by atoms with Gasteiger partial charge in [-0.1, -0.05) is 30.3 Å². The summed E-state index contributed by atoms with van der Waals surface area (Å²) in [6.45, 7) is 3.74. The molecule has 0 radical (unpaired) electrons. The first-order chi connectivity index (χ1) is 11.8. The molecule has 0 saturated carbocycles. The largest absolute Gasteiger partial charge is 0.395 e. The Morgan fingerprint density at radius 3 is 2.58 bits per heavy atom. The highest BCUT2D eigenvalue weighted by atomic mass is 16.3. The third-order valence-corrected chi connectivity index (χ3v) is 6.28. The molecule has 1 aliphatic carbocycles. The topological polar surface area (TPSA) is 26.7 Å². The predicted octanol–water partition coefficient (Wildman–Crippen LogP) is 3.11. The van der Waals surface area contributed by atoms with Gasteiger partial charge in [0.15, 0.2) is 0 Å². The summed E-state index contributed by atoms with van der Waals surface area (Å²) < 4.78 is 0. The lowest BCUT2D eigenvalue weighted by atomic mass is 9.74. The van der Waals surface area contributed by atoms with E-state index in [0.29, 0.717) is 18.0 Å². The van der Waals surface area contributed by atoms with E-state index in [1.165, 1.54) is 55.3 Å². The first kappa shape index (κ1) is 16.3. The van der Waals surface area contributed by atoms with Crippen molar-refractivity contribution in [2.24, 2.45) is 0 Å². The predicted molar refractivity (Wildman–Crippen MR) is 99.1 cm³/mol. The number of likely N-dealkylation sites (N-methyl/N-ethyl adjacent to an activating group) is 1. The number of hydrogen-bond acceptors (Lipinski definition) is 3. The van der Waals surface area contributed by atoms with Gasteiger partial charge in [-0.2, -0.15) is 0 Å². The normalized spacial score (nSPS) is 31.8. The first-order valence-corrected chi connectivity index (χ1v) is 9.62. The summed E-state index contributed by atoms with van der Waals surface area (Å²) in [5.41, 5.74) is 4.32. The van der Waals surface area contributed by atoms with Gasteiger partial charge in [0.1, 0.15) is 0 Å². The minimum Gasteiger partial charge on any atom is -0.395 e. The molecular weight excluding hydrogens is 296 g/mol. The molecule has 3 nitrogen and oxygen atoms in total. The second-order valence-corrected chi connectivity index (χ2v) is 7.79. The van der Waals surface area contributed by atoms with Crippen LogP contribution in [0.2, 0.25) is 0 Å². The van der Waals surface area contributed by atoms with E-state index in [4.69, 9.17) is 0 Å². The van der Waals surface area contributed by atoms with Crippen LogP contribution < -0.4 is 0 Å². The maximum absolute atomic E-state index is 9.95. The second kappa shape index (κ2) is 6.99. The molecule has 1 aromatic rings. The highest BCUT2D eigenvalue weighted by Gasteiger charge is 2.48. The Morgan fingerprint density at radius 2 is 1.88 bits per heavy atom. The fourth-order valence-electron chi connectivity index (χ4n) is 4.97. The fourth-order valence-corrected chi connectivity index (χ4v) is 4.97. The molecule has 0 unspecified atom stereocenters. The molecule has 3 atom stereocenters. The second-order valence-electron chi connectivity index (χ2n) is 7.79. The van der Waals surface area contributed by atoms with E-state index in [2.05, 4.69) is 47.2 Å². The number of rotatable bonds is 3. The number of aliphatic hydroxyl groups excluding tert-OH is 1. The van der Waals surface area contributed by atoms with Crippen LogP contribution in [0.3, 0.4) is 0 Å². The maximum Gasteiger partial charge on any atom is 0.0593 e. The standard InChI is InChI=1S/C21H30N2O/c1-22-12-4-5-13-23-19(14-22)21(20(23)15-24)18-10-8-17(9-11-18)16-6-2-3-7-16/h6,8-11,19-21,24H,2-5,7,12-15H2,1H3/t19-,20-,21-/m1/s1. The molecule has 0 aromatic heterocycles. The van der Waals surface area contributed by atoms with Gasteiger partial charge in [0, 0.05) is 24.5 Å². The highest BCUT2D eigenvalue weighted by molar-refractivity contribution is 5.67. The molecule has 3 heteroatoms. The van der Waals surface area contributed by atoms with E-state index in [9.17, 15) is 5.11 Å². The fraction of sp³-hybridized carbons (Fsp3) is 0.619. The summed E-state index contributed by atoms with van der Waals surface area (Å²) in [6.07, 6.45) is 8.67. The molecule has 2 heterocycles. The number of aliphatic hydroxyl groups is 1. The quantitative estimate of drug-likeness (QED) is 0.924. The Labute approximate surface area is 146 Å². The number of hydrogen-bond donors (Lipinski definition) is 1. The number of benzene rings is 1. The van der Waals surface area contributed by atoms with Gasteiger partial charge in [0.05, 0.1) is 6.61 Å². The summed E-state index contributed by atoms with van der Waals surface area (Å²) in [5, 5.41) is 9.95. The van der Waals surface area contributed by atoms with E-state index in [0.717, 1.165) is 13.1 Å². The van der Waals surface area contributed by atoms with Crippen LogP contribution in [-0.4, -0.2) is 60.3 Å². The molecule has 2 fully saturated rings. The number of fused-ring (bicyclic) bond motifs is 1. The van der Waals surface area contributed by atoms with Crippen molar-refractivity contribution in [3.8, 4) is 0 Å². The summed E-state index contributed by atoms with van der Waals surface area (Å²) in [7, 11) is 2.24. The van der Waals surface area contributed by atoms with Gasteiger partial charge in [-0.3, -0.25) is 4.90 Å². The molecule has 1 N–H and O–H groups in total. The lowest BCUT2D eigenvalue weighted by Crippen LogP contribution is -2.67. The summed E-state index contributed by atoms with van der Waals surface area (Å²) in [6, 6.07) is 10.1. The van der Waals surface area contributed by atoms with Gasteiger partial charge in [0.25, 0.3) is 0 Å². The van der Waals surface area contributed by atoms with E-state index in [1.807, 2.05) is 0 Å². The van der Waals surface area contributed by atoms with Crippen molar-refractivity contribution >= 4 is 5.57 Å². The Hall–Kier alpha value is -1.16. The average molecular weight is 326 g/mol. The van der Waals surface area contributed by atoms with Crippen LogP contribution >= 0.6 is 0 Å². The van der Waals surface area contributed by atoms with Crippen LogP contribution in [0.5, 0.6) is 0 Å². The molecular formula is C21H30N2O. The molecule has 1 aromatic carbocycles. The summed E-state index contributed by atoms with van der Waals surface area (Å²) >= 11 is 0. The van der Waals surface area contributed by atoms with Crippen molar-refractivity contribution in [1.82, 2.24) is 9.80 Å². The minimum atomic E-state index is 0.276. The Morgan fingerprint density at radius 1 is 1.08 bits per heavy atom. The number of allylic oxidation sites excluding steroid dienone is 2. The van der Waals surface area contributed by atoms with E-state index in [1.54, 1.807) is 0 Å². The third kappa shape index (κ3) is 2.94. The zero-order chi connectivity index (χ0) is 16.5. The van der Waals surface area contributed by atoms with Crippen molar-refractivity contribution < 1.29 is 5.11 Å². The van der Waals surface area contributed by atoms with Crippen molar-refractivity contribution in [1.29, 1.82) is 0 Å². The number of nitrogens with zero attached hydrogens (tertiary/aromatic N) is 2. The van der Waals surface area contributed by atoms with Crippen LogP contribution in [0, 0.1) is 0 Å². The summed E-state index contributed by atoms with van der Waals surface area (Å²) in [4.78, 5) is 5.02. The molecule has 3 aliphatic rings. The van der Waals surface area contributed by atoms with Crippen LogP contribution in [0.4, 0.5) is 0 Å². The van der Waals surface area contributed by atoms with Crippen LogP contribution in [0.25, 0.3) is 5.57 Å². The van der Waals surface area contributed by atoms with Crippen molar-refractivity contribution in [3.63, 3.8) is 0 Å². The lowest BCUT2D eigenvalue weighted by Gasteiger charge is -2.57. The van der Waals surface area contributed by atoms with Gasteiger partial charge in [-0.25, -0.2) is 0 Å². The monoisotopic (exact) mass is 326 g/mol. The van der Waals surface area contributed by atoms with Gasteiger partial charge < -0.3 is 10.0 Å². The maximum atomic E-state index is 9.95. The molecule has 4 rings (SSSR count). The van der Waals surface area contributed by atoms with Crippen LogP contribution in [0.1, 0.15) is 49.1 Å². The van der Waals surface area contributed by atoms with Crippen molar-refractivity contribution in [2.75, 3.05) is 33.3 Å². The van der Waals surface area contributed by atoms with E-state index < -0.39 is 0 Å².